The van der Waals surface area contributed by atoms with E-state index < -0.39 is 5.60 Å². The van der Waals surface area contributed by atoms with E-state index in [2.05, 4.69) is 5.18 Å². The molecule has 0 aliphatic heterocycles. The maximum absolute atomic E-state index is 11.8. The van der Waals surface area contributed by atoms with E-state index in [9.17, 15) is 9.70 Å². The van der Waals surface area contributed by atoms with Crippen LogP contribution in [0.25, 0.3) is 0 Å². The van der Waals surface area contributed by atoms with Crippen LogP contribution in [0.3, 0.4) is 0 Å². The number of rotatable bonds is 3. The molecule has 0 saturated heterocycles. The first kappa shape index (κ1) is 13.7. The molecule has 0 radical (unpaired) electrons. The van der Waals surface area contributed by atoms with Crippen LogP contribution in [0.2, 0.25) is 0 Å². The van der Waals surface area contributed by atoms with Gasteiger partial charge in [0.15, 0.2) is 0 Å². The van der Waals surface area contributed by atoms with E-state index in [-0.39, 0.29) is 18.4 Å². The van der Waals surface area contributed by atoms with Gasteiger partial charge in [0.25, 0.3) is 0 Å². The molecule has 0 spiro atoms. The molecule has 0 fully saturated rings. The van der Waals surface area contributed by atoms with Gasteiger partial charge in [-0.25, -0.2) is 0 Å². The number of ether oxygens (including phenoxy) is 1. The van der Waals surface area contributed by atoms with Gasteiger partial charge in [0.2, 0.25) is 0 Å². The second-order valence-electron chi connectivity index (χ2n) is 5.96. The third-order valence-corrected chi connectivity index (χ3v) is 3.15. The molecule has 0 N–H and O–H groups in total. The first-order valence-electron chi connectivity index (χ1n) is 6.55. The highest BCUT2D eigenvalue weighted by molar-refractivity contribution is 5.73. The van der Waals surface area contributed by atoms with Crippen molar-refractivity contribution >= 4 is 5.97 Å². The minimum absolute atomic E-state index is 0.217. The first-order chi connectivity index (χ1) is 8.89. The van der Waals surface area contributed by atoms with Crippen molar-refractivity contribution in [2.24, 2.45) is 5.18 Å². The summed E-state index contributed by atoms with van der Waals surface area (Å²) in [5.74, 6) is -0.226. The van der Waals surface area contributed by atoms with Crippen LogP contribution in [0.15, 0.2) is 23.4 Å². The number of benzene rings is 1. The monoisotopic (exact) mass is 261 g/mol. The number of hydrogen-bond donors (Lipinski definition) is 0. The van der Waals surface area contributed by atoms with Gasteiger partial charge in [0.05, 0.1) is 6.42 Å². The van der Waals surface area contributed by atoms with E-state index in [4.69, 9.17) is 4.74 Å². The minimum Gasteiger partial charge on any atom is -0.460 e. The van der Waals surface area contributed by atoms with E-state index >= 15 is 0 Å². The molecular weight excluding hydrogens is 242 g/mol. The molecule has 1 aliphatic carbocycles. The van der Waals surface area contributed by atoms with E-state index in [0.717, 1.165) is 29.5 Å². The van der Waals surface area contributed by atoms with Crippen molar-refractivity contribution in [1.29, 1.82) is 0 Å². The Morgan fingerprint density at radius 2 is 2.16 bits per heavy atom. The number of nitrogens with zero attached hydrogens (tertiary/aromatic N) is 1. The second kappa shape index (κ2) is 5.11. The lowest BCUT2D eigenvalue weighted by Gasteiger charge is -2.19. The molecule has 0 heterocycles. The number of hydrogen-bond acceptors (Lipinski definition) is 4. The number of aryl methyl sites for hydroxylation is 1. The number of carbonyl (C=O) groups is 1. The molecule has 19 heavy (non-hydrogen) atoms. The molecule has 0 aromatic heterocycles. The van der Waals surface area contributed by atoms with Crippen LogP contribution >= 0.6 is 0 Å². The Kier molecular flexibility index (Phi) is 3.69. The lowest BCUT2D eigenvalue weighted by molar-refractivity contribution is -0.153. The topological polar surface area (TPSA) is 55.7 Å². The van der Waals surface area contributed by atoms with Gasteiger partial charge in [-0.2, -0.15) is 4.91 Å². The van der Waals surface area contributed by atoms with Crippen molar-refractivity contribution in [3.8, 4) is 0 Å². The lowest BCUT2D eigenvalue weighted by Crippen LogP contribution is -2.24. The zero-order valence-electron chi connectivity index (χ0n) is 11.6. The van der Waals surface area contributed by atoms with Crippen molar-refractivity contribution < 1.29 is 9.53 Å². The molecule has 1 atom stereocenters. The van der Waals surface area contributed by atoms with Gasteiger partial charge < -0.3 is 4.74 Å². The van der Waals surface area contributed by atoms with Gasteiger partial charge in [0, 0.05) is 0 Å². The summed E-state index contributed by atoms with van der Waals surface area (Å²) in [6.45, 7) is 5.57. The SMILES string of the molecule is CC(C)(C)OC(=O)Cc1ccc2c(c1)CCC2N=O. The van der Waals surface area contributed by atoms with Gasteiger partial charge in [0.1, 0.15) is 11.6 Å². The highest BCUT2D eigenvalue weighted by atomic mass is 16.6. The smallest absolute Gasteiger partial charge is 0.310 e. The fourth-order valence-electron chi connectivity index (χ4n) is 2.41. The van der Waals surface area contributed by atoms with Crippen molar-refractivity contribution in [2.45, 2.75) is 51.7 Å². The highest BCUT2D eigenvalue weighted by Crippen LogP contribution is 2.34. The van der Waals surface area contributed by atoms with Gasteiger partial charge in [-0.1, -0.05) is 23.4 Å². The summed E-state index contributed by atoms with van der Waals surface area (Å²) in [5, 5.41) is 3.13. The predicted octanol–water partition coefficient (Wildman–Crippen LogP) is 3.32. The Hall–Kier alpha value is -1.71. The van der Waals surface area contributed by atoms with E-state index in [0.29, 0.717) is 0 Å². The summed E-state index contributed by atoms with van der Waals surface area (Å²) in [6, 6.07) is 5.57. The molecule has 0 saturated carbocycles. The van der Waals surface area contributed by atoms with Crippen LogP contribution in [-0.2, 0) is 22.4 Å². The molecule has 2 rings (SSSR count). The van der Waals surface area contributed by atoms with Crippen LogP contribution in [0.4, 0.5) is 0 Å². The quantitative estimate of drug-likeness (QED) is 0.619. The second-order valence-corrected chi connectivity index (χ2v) is 5.96. The first-order valence-corrected chi connectivity index (χ1v) is 6.55. The largest absolute Gasteiger partial charge is 0.460 e. The highest BCUT2D eigenvalue weighted by Gasteiger charge is 2.24. The molecular formula is C15H19NO3. The molecule has 0 bridgehead atoms. The van der Waals surface area contributed by atoms with Crippen molar-refractivity contribution in [3.05, 3.63) is 39.8 Å². The molecule has 102 valence electrons. The molecule has 4 nitrogen and oxygen atoms in total. The van der Waals surface area contributed by atoms with Gasteiger partial charge >= 0.3 is 5.97 Å². The summed E-state index contributed by atoms with van der Waals surface area (Å²) in [5.41, 5.74) is 2.61. The van der Waals surface area contributed by atoms with Crippen LogP contribution in [0.1, 0.15) is 49.9 Å². The summed E-state index contributed by atoms with van der Waals surface area (Å²) in [6.07, 6.45) is 1.90. The van der Waals surface area contributed by atoms with Gasteiger partial charge in [-0.15, -0.1) is 0 Å². The summed E-state index contributed by atoms with van der Waals surface area (Å²) in [7, 11) is 0. The minimum atomic E-state index is -0.458. The molecule has 0 amide bonds. The molecule has 1 aromatic rings. The number of carbonyl (C=O) groups excluding carboxylic acids is 1. The summed E-state index contributed by atoms with van der Waals surface area (Å²) >= 11 is 0. The fraction of sp³-hybridized carbons (Fsp3) is 0.533. The van der Waals surface area contributed by atoms with Crippen molar-refractivity contribution in [1.82, 2.24) is 0 Å². The van der Waals surface area contributed by atoms with E-state index in [1.165, 1.54) is 0 Å². The van der Waals surface area contributed by atoms with Crippen LogP contribution in [0.5, 0.6) is 0 Å². The maximum Gasteiger partial charge on any atom is 0.310 e. The lowest BCUT2D eigenvalue weighted by atomic mass is 10.0. The number of nitroso groups, excluding NO2 is 1. The predicted molar refractivity (Wildman–Crippen MR) is 72.8 cm³/mol. The normalized spacial score (nSPS) is 17.9. The van der Waals surface area contributed by atoms with E-state index in [1.54, 1.807) is 0 Å². The van der Waals surface area contributed by atoms with Crippen molar-refractivity contribution in [3.63, 3.8) is 0 Å². The Balaban J connectivity index is 2.08. The standard InChI is InChI=1S/C15H19NO3/c1-15(2,3)19-14(17)9-10-4-6-12-11(8-10)5-7-13(12)16-18/h4,6,8,13H,5,7,9H2,1-3H3. The summed E-state index contributed by atoms with van der Waals surface area (Å²) in [4.78, 5) is 22.4. The van der Waals surface area contributed by atoms with Gasteiger partial charge in [-0.3, -0.25) is 4.79 Å². The maximum atomic E-state index is 11.8. The fourth-order valence-corrected chi connectivity index (χ4v) is 2.41. The van der Waals surface area contributed by atoms with Crippen LogP contribution in [0, 0.1) is 4.91 Å². The molecule has 1 unspecified atom stereocenters. The van der Waals surface area contributed by atoms with Crippen LogP contribution < -0.4 is 0 Å². The third kappa shape index (κ3) is 3.40. The summed E-state index contributed by atoms with van der Waals surface area (Å²) < 4.78 is 5.30. The Bertz CT molecular complexity index is 503. The zero-order chi connectivity index (χ0) is 14.0. The van der Waals surface area contributed by atoms with Gasteiger partial charge in [-0.05, 0) is 50.3 Å². The van der Waals surface area contributed by atoms with E-state index in [1.807, 2.05) is 39.0 Å². The Morgan fingerprint density at radius 1 is 1.42 bits per heavy atom. The Labute approximate surface area is 113 Å². The number of fused-ring (bicyclic) bond motifs is 1. The molecule has 4 heteroatoms. The number of esters is 1. The Morgan fingerprint density at radius 3 is 2.79 bits per heavy atom. The van der Waals surface area contributed by atoms with Crippen molar-refractivity contribution in [2.75, 3.05) is 0 Å². The average molecular weight is 261 g/mol. The molecule has 1 aromatic carbocycles. The average Bonchev–Trinajstić information content (AvgIpc) is 2.68. The van der Waals surface area contributed by atoms with Crippen LogP contribution in [-0.4, -0.2) is 11.6 Å². The third-order valence-electron chi connectivity index (χ3n) is 3.15. The zero-order valence-corrected chi connectivity index (χ0v) is 11.6. The molecule has 1 aliphatic rings.